The Labute approximate surface area is 157 Å². The molecule has 0 saturated carbocycles. The molecule has 0 saturated heterocycles. The Morgan fingerprint density at radius 1 is 1.07 bits per heavy atom. The molecule has 0 fully saturated rings. The predicted octanol–water partition coefficient (Wildman–Crippen LogP) is 4.94. The fourth-order valence-electron chi connectivity index (χ4n) is 2.21. The smallest absolute Gasteiger partial charge is 0.406 e. The van der Waals surface area contributed by atoms with E-state index in [-0.39, 0.29) is 11.7 Å². The number of nitrogens with zero attached hydrogens (tertiary/aromatic N) is 4. The maximum atomic E-state index is 12.3. The summed E-state index contributed by atoms with van der Waals surface area (Å²) in [6, 6.07) is 12.5. The minimum atomic E-state index is -4.77. The van der Waals surface area contributed by atoms with E-state index < -0.39 is 6.36 Å². The summed E-state index contributed by atoms with van der Waals surface area (Å²) in [7, 11) is 1.75. The highest BCUT2D eigenvalue weighted by Gasteiger charge is 2.31. The van der Waals surface area contributed by atoms with Crippen LogP contribution in [-0.2, 0) is 0 Å². The third-order valence-corrected chi connectivity index (χ3v) is 3.61. The molecule has 2 aromatic carbocycles. The fraction of sp³-hybridized carbons (Fsp3) is 0.118. The number of hydrogen-bond donors (Lipinski definition) is 1. The minimum absolute atomic E-state index is 0.165. The molecule has 0 bridgehead atoms. The highest BCUT2D eigenvalue weighted by Crippen LogP contribution is 2.27. The Morgan fingerprint density at radius 2 is 1.85 bits per heavy atom. The molecule has 0 aliphatic heterocycles. The van der Waals surface area contributed by atoms with Gasteiger partial charge in [-0.25, -0.2) is 9.97 Å². The number of aromatic nitrogens is 3. The number of halogens is 4. The fourth-order valence-corrected chi connectivity index (χ4v) is 2.39. The van der Waals surface area contributed by atoms with Gasteiger partial charge in [-0.05, 0) is 30.3 Å². The summed E-state index contributed by atoms with van der Waals surface area (Å²) in [5.41, 5.74) is 1.10. The van der Waals surface area contributed by atoms with Gasteiger partial charge in [0, 0.05) is 29.5 Å². The lowest BCUT2D eigenvalue weighted by molar-refractivity contribution is -0.274. The van der Waals surface area contributed by atoms with Crippen LogP contribution < -0.4 is 15.0 Å². The van der Waals surface area contributed by atoms with Crippen molar-refractivity contribution < 1.29 is 17.9 Å². The summed E-state index contributed by atoms with van der Waals surface area (Å²) in [4.78, 5) is 14.0. The molecular weight excluding hydrogens is 383 g/mol. The zero-order valence-electron chi connectivity index (χ0n) is 13.9. The first-order chi connectivity index (χ1) is 12.8. The minimum Gasteiger partial charge on any atom is -0.406 e. The number of benzene rings is 2. The first kappa shape index (κ1) is 18.7. The molecule has 0 amide bonds. The molecule has 0 unspecified atom stereocenters. The zero-order chi connectivity index (χ0) is 19.4. The third kappa shape index (κ3) is 5.20. The van der Waals surface area contributed by atoms with E-state index in [0.717, 1.165) is 5.69 Å². The highest BCUT2D eigenvalue weighted by atomic mass is 35.5. The second-order valence-electron chi connectivity index (χ2n) is 5.35. The van der Waals surface area contributed by atoms with Crippen molar-refractivity contribution in [3.8, 4) is 5.75 Å². The maximum Gasteiger partial charge on any atom is 0.573 e. The van der Waals surface area contributed by atoms with Gasteiger partial charge in [-0.3, -0.25) is 0 Å². The Kier molecular flexibility index (Phi) is 5.31. The number of alkyl halides is 3. The Morgan fingerprint density at radius 3 is 2.59 bits per heavy atom. The van der Waals surface area contributed by atoms with Crippen LogP contribution in [0, 0.1) is 0 Å². The molecule has 140 valence electrons. The van der Waals surface area contributed by atoms with E-state index in [1.54, 1.807) is 36.2 Å². The van der Waals surface area contributed by atoms with Crippen LogP contribution in [0.3, 0.4) is 0 Å². The van der Waals surface area contributed by atoms with Crippen LogP contribution in [0.25, 0.3) is 0 Å². The summed E-state index contributed by atoms with van der Waals surface area (Å²) in [6.07, 6.45) is -3.47. The van der Waals surface area contributed by atoms with Gasteiger partial charge in [-0.15, -0.1) is 13.2 Å². The van der Waals surface area contributed by atoms with Gasteiger partial charge in [-0.1, -0.05) is 23.7 Å². The molecule has 1 N–H and O–H groups in total. The van der Waals surface area contributed by atoms with Gasteiger partial charge in [0.2, 0.25) is 11.9 Å². The molecule has 1 aromatic heterocycles. The first-order valence-electron chi connectivity index (χ1n) is 7.61. The lowest BCUT2D eigenvalue weighted by Crippen LogP contribution is -2.17. The van der Waals surface area contributed by atoms with Crippen LogP contribution in [-0.4, -0.2) is 28.4 Å². The Balaban J connectivity index is 1.79. The molecular formula is C17H13ClF3N5O. The van der Waals surface area contributed by atoms with Crippen molar-refractivity contribution in [3.05, 3.63) is 59.9 Å². The Hall–Kier alpha value is -3.07. The van der Waals surface area contributed by atoms with Crippen molar-refractivity contribution >= 4 is 34.9 Å². The quantitative estimate of drug-likeness (QED) is 0.660. The van der Waals surface area contributed by atoms with E-state index >= 15 is 0 Å². The van der Waals surface area contributed by atoms with Crippen molar-refractivity contribution in [1.82, 2.24) is 15.0 Å². The molecule has 0 aliphatic rings. The monoisotopic (exact) mass is 395 g/mol. The SMILES string of the molecule is CN(c1cccc(Cl)c1)c1ncnc(Nc2cccc(OC(F)(F)F)c2)n1. The molecule has 3 rings (SSSR count). The number of nitrogens with one attached hydrogen (secondary N) is 1. The van der Waals surface area contributed by atoms with E-state index in [4.69, 9.17) is 11.6 Å². The van der Waals surface area contributed by atoms with Gasteiger partial charge in [0.15, 0.2) is 0 Å². The standard InChI is InChI=1S/C17H13ClF3N5O/c1-26(13-6-2-4-11(18)8-13)16-23-10-22-15(25-16)24-12-5-3-7-14(9-12)27-17(19,20)21/h2-10H,1H3,(H,22,23,24,25). The predicted molar refractivity (Wildman–Crippen MR) is 95.7 cm³/mol. The molecule has 6 nitrogen and oxygen atoms in total. The van der Waals surface area contributed by atoms with Gasteiger partial charge in [0.1, 0.15) is 12.1 Å². The molecule has 3 aromatic rings. The zero-order valence-corrected chi connectivity index (χ0v) is 14.7. The largest absolute Gasteiger partial charge is 0.573 e. The molecule has 0 spiro atoms. The summed E-state index contributed by atoms with van der Waals surface area (Å²) in [5.74, 6) is 0.147. The van der Waals surface area contributed by atoms with Gasteiger partial charge in [0.25, 0.3) is 0 Å². The average Bonchev–Trinajstić information content (AvgIpc) is 2.60. The van der Waals surface area contributed by atoms with Crippen LogP contribution in [0.1, 0.15) is 0 Å². The summed E-state index contributed by atoms with van der Waals surface area (Å²) >= 11 is 5.99. The van der Waals surface area contributed by atoms with E-state index in [2.05, 4.69) is 25.0 Å². The van der Waals surface area contributed by atoms with Crippen LogP contribution in [0.2, 0.25) is 5.02 Å². The van der Waals surface area contributed by atoms with Gasteiger partial charge >= 0.3 is 6.36 Å². The van der Waals surface area contributed by atoms with Crippen molar-refractivity contribution in [2.24, 2.45) is 0 Å². The summed E-state index contributed by atoms with van der Waals surface area (Å²) in [5, 5.41) is 3.39. The summed E-state index contributed by atoms with van der Waals surface area (Å²) in [6.45, 7) is 0. The van der Waals surface area contributed by atoms with Crippen molar-refractivity contribution in [1.29, 1.82) is 0 Å². The normalized spacial score (nSPS) is 11.1. The topological polar surface area (TPSA) is 63.2 Å². The molecule has 27 heavy (non-hydrogen) atoms. The van der Waals surface area contributed by atoms with E-state index in [1.807, 2.05) is 6.07 Å². The number of ether oxygens (including phenoxy) is 1. The number of anilines is 4. The second kappa shape index (κ2) is 7.67. The van der Waals surface area contributed by atoms with Crippen LogP contribution in [0.15, 0.2) is 54.9 Å². The molecule has 10 heteroatoms. The van der Waals surface area contributed by atoms with Crippen molar-refractivity contribution in [2.45, 2.75) is 6.36 Å². The van der Waals surface area contributed by atoms with Crippen LogP contribution in [0.5, 0.6) is 5.75 Å². The Bertz CT molecular complexity index is 938. The molecule has 0 aliphatic carbocycles. The van der Waals surface area contributed by atoms with Crippen molar-refractivity contribution in [3.63, 3.8) is 0 Å². The second-order valence-corrected chi connectivity index (χ2v) is 5.79. The molecule has 0 radical (unpaired) electrons. The van der Waals surface area contributed by atoms with Crippen molar-refractivity contribution in [2.75, 3.05) is 17.3 Å². The average molecular weight is 396 g/mol. The number of rotatable bonds is 5. The third-order valence-electron chi connectivity index (χ3n) is 3.38. The number of hydrogen-bond acceptors (Lipinski definition) is 6. The first-order valence-corrected chi connectivity index (χ1v) is 7.99. The van der Waals surface area contributed by atoms with Crippen LogP contribution >= 0.6 is 11.6 Å². The molecule has 0 atom stereocenters. The lowest BCUT2D eigenvalue weighted by Gasteiger charge is -2.17. The van der Waals surface area contributed by atoms with E-state index in [0.29, 0.717) is 16.7 Å². The molecule has 1 heterocycles. The van der Waals surface area contributed by atoms with Gasteiger partial charge in [-0.2, -0.15) is 4.98 Å². The van der Waals surface area contributed by atoms with E-state index in [9.17, 15) is 13.2 Å². The van der Waals surface area contributed by atoms with Crippen LogP contribution in [0.4, 0.5) is 36.4 Å². The summed E-state index contributed by atoms with van der Waals surface area (Å²) < 4.78 is 40.9. The van der Waals surface area contributed by atoms with E-state index in [1.165, 1.54) is 24.5 Å². The van der Waals surface area contributed by atoms with Gasteiger partial charge < -0.3 is 15.0 Å². The highest BCUT2D eigenvalue weighted by molar-refractivity contribution is 6.30. The lowest BCUT2D eigenvalue weighted by atomic mass is 10.3. The van der Waals surface area contributed by atoms with Gasteiger partial charge in [0.05, 0.1) is 0 Å². The maximum absolute atomic E-state index is 12.3.